The van der Waals surface area contributed by atoms with Crippen molar-refractivity contribution in [2.45, 2.75) is 44.4 Å². The van der Waals surface area contributed by atoms with Crippen molar-refractivity contribution in [2.75, 3.05) is 50.8 Å². The summed E-state index contributed by atoms with van der Waals surface area (Å²) in [5.74, 6) is 0.589. The number of nitrogens with one attached hydrogen (secondary N) is 1. The molecule has 11 heteroatoms. The number of ether oxygens (including phenoxy) is 2. The van der Waals surface area contributed by atoms with Gasteiger partial charge in [-0.1, -0.05) is 0 Å². The summed E-state index contributed by atoms with van der Waals surface area (Å²) in [5.41, 5.74) is 2.74. The first-order chi connectivity index (χ1) is 18.5. The third-order valence-corrected chi connectivity index (χ3v) is 8.30. The number of piperazine rings is 1. The summed E-state index contributed by atoms with van der Waals surface area (Å²) < 4.78 is 29.2. The van der Waals surface area contributed by atoms with E-state index in [0.29, 0.717) is 48.0 Å². The fourth-order valence-corrected chi connectivity index (χ4v) is 5.65. The Morgan fingerprint density at radius 1 is 1.13 bits per heavy atom. The molecule has 0 spiro atoms. The lowest BCUT2D eigenvalue weighted by molar-refractivity contribution is -0.119. The minimum Gasteiger partial charge on any atom is -0.473 e. The average molecular weight is 522 g/mol. The number of carbonyl (C=O) groups is 1. The maximum Gasteiger partial charge on any atom is 0.241 e. The Bertz CT molecular complexity index is 1360. The van der Waals surface area contributed by atoms with Crippen molar-refractivity contribution in [1.29, 1.82) is 0 Å². The minimum atomic E-state index is -0.361. The highest BCUT2D eigenvalue weighted by atomic mass is 19.1. The Labute approximate surface area is 220 Å². The predicted octanol–water partition coefficient (Wildman–Crippen LogP) is 2.39. The van der Waals surface area contributed by atoms with Crippen LogP contribution < -0.4 is 15.0 Å². The van der Waals surface area contributed by atoms with Crippen LogP contribution in [-0.4, -0.2) is 88.4 Å². The molecule has 2 atom stereocenters. The number of carbonyl (C=O) groups excluding carboxylic acids is 1. The van der Waals surface area contributed by atoms with Gasteiger partial charge in [0.2, 0.25) is 11.8 Å². The van der Waals surface area contributed by atoms with Crippen LogP contribution in [0, 0.1) is 11.7 Å². The summed E-state index contributed by atoms with van der Waals surface area (Å²) in [6.45, 7) is 7.35. The smallest absolute Gasteiger partial charge is 0.241 e. The zero-order valence-electron chi connectivity index (χ0n) is 21.5. The highest BCUT2D eigenvalue weighted by Gasteiger charge is 2.32. The molecule has 7 rings (SSSR count). The van der Waals surface area contributed by atoms with Crippen molar-refractivity contribution in [3.63, 3.8) is 0 Å². The fraction of sp³-hybridized carbons (Fsp3) is 0.556. The van der Waals surface area contributed by atoms with E-state index in [4.69, 9.17) is 14.5 Å². The zero-order chi connectivity index (χ0) is 25.8. The second kappa shape index (κ2) is 9.46. The molecule has 1 saturated carbocycles. The third-order valence-electron chi connectivity index (χ3n) is 8.30. The van der Waals surface area contributed by atoms with Crippen molar-refractivity contribution < 1.29 is 18.7 Å². The summed E-state index contributed by atoms with van der Waals surface area (Å²) in [4.78, 5) is 30.2. The number of anilines is 1. The Hall–Kier alpha value is -3.31. The summed E-state index contributed by atoms with van der Waals surface area (Å²) in [5, 5.41) is 2.88. The lowest BCUT2D eigenvalue weighted by Crippen LogP contribution is -2.56. The molecule has 10 nitrogen and oxygen atoms in total. The second-order valence-corrected chi connectivity index (χ2v) is 10.9. The molecule has 0 aromatic carbocycles. The largest absolute Gasteiger partial charge is 0.473 e. The molecule has 38 heavy (non-hydrogen) atoms. The number of hydrogen-bond donors (Lipinski definition) is 1. The Morgan fingerprint density at radius 3 is 2.61 bits per heavy atom. The van der Waals surface area contributed by atoms with Crippen molar-refractivity contribution in [3.05, 3.63) is 30.5 Å². The summed E-state index contributed by atoms with van der Waals surface area (Å²) in [6, 6.07) is 4.27. The van der Waals surface area contributed by atoms with Crippen LogP contribution in [0.5, 0.6) is 5.88 Å². The van der Waals surface area contributed by atoms with Gasteiger partial charge in [0.05, 0.1) is 36.8 Å². The van der Waals surface area contributed by atoms with Crippen LogP contribution >= 0.6 is 0 Å². The van der Waals surface area contributed by atoms with Crippen LogP contribution in [0.1, 0.15) is 32.2 Å². The SMILES string of the molecule is CC(Oc1nc(-c2cnc(N3CCN(C4COC4)CC3)c(F)c2)cc2ncn(C3CC3)c12)C1CNC(=O)C1. The standard InChI is InChI=1S/C27H32FN7O3/c1-16(17-9-24(36)29-11-17)38-27-25-23(31-15-35(25)19-2-3-19)10-22(32-27)18-8-21(28)26(30-12-18)34-6-4-33(5-7-34)20-13-37-14-20/h8,10,12,15-17,19-20H,2-7,9,11,13-14H2,1H3,(H,29,36). The van der Waals surface area contributed by atoms with E-state index in [1.807, 2.05) is 24.2 Å². The van der Waals surface area contributed by atoms with Crippen LogP contribution in [0.15, 0.2) is 24.7 Å². The molecule has 3 aliphatic heterocycles. The first-order valence-electron chi connectivity index (χ1n) is 13.6. The normalized spacial score (nSPS) is 23.5. The number of fused-ring (bicyclic) bond motifs is 1. The van der Waals surface area contributed by atoms with Crippen LogP contribution in [0.2, 0.25) is 0 Å². The second-order valence-electron chi connectivity index (χ2n) is 10.9. The van der Waals surface area contributed by atoms with E-state index >= 15 is 4.39 Å². The van der Waals surface area contributed by atoms with E-state index in [1.54, 1.807) is 6.20 Å². The maximum absolute atomic E-state index is 15.4. The van der Waals surface area contributed by atoms with Gasteiger partial charge in [0.1, 0.15) is 11.6 Å². The van der Waals surface area contributed by atoms with Gasteiger partial charge in [-0.3, -0.25) is 9.69 Å². The highest BCUT2D eigenvalue weighted by Crippen LogP contribution is 2.40. The molecule has 4 fully saturated rings. The van der Waals surface area contributed by atoms with E-state index < -0.39 is 0 Å². The van der Waals surface area contributed by atoms with E-state index in [1.165, 1.54) is 6.07 Å². The molecule has 0 bridgehead atoms. The fourth-order valence-electron chi connectivity index (χ4n) is 5.65. The van der Waals surface area contributed by atoms with Gasteiger partial charge >= 0.3 is 0 Å². The quantitative estimate of drug-likeness (QED) is 0.506. The van der Waals surface area contributed by atoms with Crippen LogP contribution in [0.4, 0.5) is 10.2 Å². The topological polar surface area (TPSA) is 97.6 Å². The molecule has 3 aromatic rings. The number of aromatic nitrogens is 4. The molecule has 1 aliphatic carbocycles. The van der Waals surface area contributed by atoms with E-state index in [-0.39, 0.29) is 23.7 Å². The van der Waals surface area contributed by atoms with Crippen molar-refractivity contribution in [2.24, 2.45) is 5.92 Å². The molecule has 3 saturated heterocycles. The first-order valence-corrected chi connectivity index (χ1v) is 13.6. The van der Waals surface area contributed by atoms with Gasteiger partial charge in [0.15, 0.2) is 11.6 Å². The highest BCUT2D eigenvalue weighted by molar-refractivity contribution is 5.85. The predicted molar refractivity (Wildman–Crippen MR) is 139 cm³/mol. The Kier molecular flexibility index (Phi) is 5.92. The minimum absolute atomic E-state index is 0.0421. The average Bonchev–Trinajstić information content (AvgIpc) is 3.48. The number of imidazole rings is 1. The number of pyridine rings is 2. The van der Waals surface area contributed by atoms with Gasteiger partial charge in [0, 0.05) is 62.9 Å². The molecule has 4 aliphatic rings. The number of amides is 1. The van der Waals surface area contributed by atoms with E-state index in [2.05, 4.69) is 24.8 Å². The van der Waals surface area contributed by atoms with Gasteiger partial charge in [0.25, 0.3) is 0 Å². The monoisotopic (exact) mass is 521 g/mol. The Morgan fingerprint density at radius 2 is 1.95 bits per heavy atom. The summed E-state index contributed by atoms with van der Waals surface area (Å²) >= 11 is 0. The number of rotatable bonds is 7. The van der Waals surface area contributed by atoms with Crippen LogP contribution in [-0.2, 0) is 9.53 Å². The maximum atomic E-state index is 15.4. The van der Waals surface area contributed by atoms with E-state index in [0.717, 1.165) is 63.3 Å². The van der Waals surface area contributed by atoms with Crippen molar-refractivity contribution >= 4 is 22.8 Å². The molecular formula is C27H32FN7O3. The lowest BCUT2D eigenvalue weighted by Gasteiger charge is -2.42. The van der Waals surface area contributed by atoms with Crippen molar-refractivity contribution in [3.8, 4) is 17.1 Å². The number of nitrogens with zero attached hydrogens (tertiary/aromatic N) is 6. The lowest BCUT2D eigenvalue weighted by atomic mass is 10.0. The summed E-state index contributed by atoms with van der Waals surface area (Å²) in [7, 11) is 0. The van der Waals surface area contributed by atoms with Crippen LogP contribution in [0.3, 0.4) is 0 Å². The van der Waals surface area contributed by atoms with Gasteiger partial charge in [-0.25, -0.2) is 19.3 Å². The van der Waals surface area contributed by atoms with Gasteiger partial charge < -0.3 is 24.3 Å². The Balaban J connectivity index is 1.16. The molecule has 1 N–H and O–H groups in total. The molecule has 6 heterocycles. The molecular weight excluding hydrogens is 489 g/mol. The zero-order valence-corrected chi connectivity index (χ0v) is 21.5. The van der Waals surface area contributed by atoms with Gasteiger partial charge in [-0.05, 0) is 31.9 Å². The molecule has 1 amide bonds. The molecule has 2 unspecified atom stereocenters. The molecule has 3 aromatic heterocycles. The number of hydrogen-bond acceptors (Lipinski definition) is 8. The first kappa shape index (κ1) is 23.8. The molecule has 0 radical (unpaired) electrons. The summed E-state index contributed by atoms with van der Waals surface area (Å²) in [6.07, 6.45) is 5.94. The number of halogens is 1. The van der Waals surface area contributed by atoms with Gasteiger partial charge in [-0.2, -0.15) is 0 Å². The van der Waals surface area contributed by atoms with Crippen LogP contribution in [0.25, 0.3) is 22.3 Å². The van der Waals surface area contributed by atoms with E-state index in [9.17, 15) is 4.79 Å². The third kappa shape index (κ3) is 4.37. The van der Waals surface area contributed by atoms with Gasteiger partial charge in [-0.15, -0.1) is 0 Å². The van der Waals surface area contributed by atoms with Crippen molar-refractivity contribution in [1.82, 2.24) is 29.7 Å². The molecule has 200 valence electrons.